The van der Waals surface area contributed by atoms with E-state index in [1.54, 1.807) is 19.1 Å². The van der Waals surface area contributed by atoms with Crippen LogP contribution in [0.4, 0.5) is 0 Å². The smallest absolute Gasteiger partial charge is 0.261 e. The van der Waals surface area contributed by atoms with E-state index in [4.69, 9.17) is 16.7 Å². The lowest BCUT2D eigenvalue weighted by molar-refractivity contribution is 0.0927. The Bertz CT molecular complexity index is 338. The molecule has 0 aliphatic rings. The molecule has 5 heteroatoms. The first-order valence-electron chi connectivity index (χ1n) is 4.73. The van der Waals surface area contributed by atoms with Crippen molar-refractivity contribution in [3.8, 4) is 0 Å². The van der Waals surface area contributed by atoms with E-state index < -0.39 is 6.10 Å². The van der Waals surface area contributed by atoms with Crippen molar-refractivity contribution in [2.75, 3.05) is 0 Å². The van der Waals surface area contributed by atoms with E-state index in [1.165, 1.54) is 11.3 Å². The molecule has 0 bridgehead atoms. The highest BCUT2D eigenvalue weighted by Crippen LogP contribution is 2.21. The predicted molar refractivity (Wildman–Crippen MR) is 62.6 cm³/mol. The topological polar surface area (TPSA) is 49.3 Å². The molecule has 0 aromatic carbocycles. The van der Waals surface area contributed by atoms with Gasteiger partial charge in [-0.15, -0.1) is 11.3 Å². The summed E-state index contributed by atoms with van der Waals surface area (Å²) in [5, 5.41) is 11.9. The van der Waals surface area contributed by atoms with E-state index in [0.717, 1.165) is 0 Å². The number of hydrogen-bond acceptors (Lipinski definition) is 3. The van der Waals surface area contributed by atoms with E-state index >= 15 is 0 Å². The SMILES string of the molecule is CC(O)CC(C)NC(=O)c1ccc(Cl)s1. The van der Waals surface area contributed by atoms with E-state index in [0.29, 0.717) is 15.6 Å². The number of aliphatic hydroxyl groups excluding tert-OH is 1. The number of thiophene rings is 1. The largest absolute Gasteiger partial charge is 0.393 e. The maximum absolute atomic E-state index is 11.6. The Hall–Kier alpha value is -0.580. The fraction of sp³-hybridized carbons (Fsp3) is 0.500. The molecule has 1 aromatic heterocycles. The maximum atomic E-state index is 11.6. The number of carbonyl (C=O) groups is 1. The minimum absolute atomic E-state index is 0.0432. The number of hydrogen-bond donors (Lipinski definition) is 2. The van der Waals surface area contributed by atoms with Crippen LogP contribution in [0.5, 0.6) is 0 Å². The summed E-state index contributed by atoms with van der Waals surface area (Å²) in [5.41, 5.74) is 0. The average molecular weight is 248 g/mol. The number of aliphatic hydroxyl groups is 1. The van der Waals surface area contributed by atoms with Crippen LogP contribution in [0.1, 0.15) is 29.9 Å². The second kappa shape index (κ2) is 5.49. The van der Waals surface area contributed by atoms with Gasteiger partial charge in [0.2, 0.25) is 0 Å². The summed E-state index contributed by atoms with van der Waals surface area (Å²) < 4.78 is 0.600. The molecule has 0 radical (unpaired) electrons. The van der Waals surface area contributed by atoms with Crippen LogP contribution in [0, 0.1) is 0 Å². The molecule has 1 rings (SSSR count). The van der Waals surface area contributed by atoms with Crippen molar-refractivity contribution in [2.45, 2.75) is 32.4 Å². The van der Waals surface area contributed by atoms with Crippen LogP contribution >= 0.6 is 22.9 Å². The van der Waals surface area contributed by atoms with E-state index in [9.17, 15) is 4.79 Å². The zero-order chi connectivity index (χ0) is 11.4. The molecule has 0 aliphatic carbocycles. The minimum Gasteiger partial charge on any atom is -0.393 e. The van der Waals surface area contributed by atoms with Gasteiger partial charge in [-0.25, -0.2) is 0 Å². The van der Waals surface area contributed by atoms with E-state index in [1.807, 2.05) is 6.92 Å². The van der Waals surface area contributed by atoms with Gasteiger partial charge in [0.05, 0.1) is 15.3 Å². The van der Waals surface area contributed by atoms with Gasteiger partial charge in [-0.1, -0.05) is 11.6 Å². The predicted octanol–water partition coefficient (Wildman–Crippen LogP) is 2.29. The van der Waals surface area contributed by atoms with Crippen LogP contribution in [0.3, 0.4) is 0 Å². The van der Waals surface area contributed by atoms with Crippen LogP contribution in [0.2, 0.25) is 4.34 Å². The zero-order valence-corrected chi connectivity index (χ0v) is 10.2. The van der Waals surface area contributed by atoms with Gasteiger partial charge in [0.15, 0.2) is 0 Å². The molecule has 2 atom stereocenters. The quantitative estimate of drug-likeness (QED) is 0.858. The van der Waals surface area contributed by atoms with Gasteiger partial charge in [0.25, 0.3) is 5.91 Å². The molecular weight excluding hydrogens is 234 g/mol. The van der Waals surface area contributed by atoms with Crippen LogP contribution in [0.15, 0.2) is 12.1 Å². The maximum Gasteiger partial charge on any atom is 0.261 e. The molecule has 0 saturated carbocycles. The lowest BCUT2D eigenvalue weighted by Gasteiger charge is -2.14. The first-order valence-corrected chi connectivity index (χ1v) is 5.92. The van der Waals surface area contributed by atoms with E-state index in [2.05, 4.69) is 5.32 Å². The van der Waals surface area contributed by atoms with Crippen molar-refractivity contribution in [2.24, 2.45) is 0 Å². The van der Waals surface area contributed by atoms with Gasteiger partial charge in [0.1, 0.15) is 0 Å². The van der Waals surface area contributed by atoms with Crippen molar-refractivity contribution >= 4 is 28.8 Å². The summed E-state index contributed by atoms with van der Waals surface area (Å²) >= 11 is 6.97. The number of rotatable bonds is 4. The fourth-order valence-electron chi connectivity index (χ4n) is 1.30. The lowest BCUT2D eigenvalue weighted by Crippen LogP contribution is -2.34. The second-order valence-electron chi connectivity index (χ2n) is 3.56. The Balaban J connectivity index is 2.49. The van der Waals surface area contributed by atoms with Gasteiger partial charge in [-0.05, 0) is 32.4 Å². The molecule has 3 nitrogen and oxygen atoms in total. The molecule has 0 fully saturated rings. The average Bonchev–Trinajstić information content (AvgIpc) is 2.49. The molecule has 1 aromatic rings. The van der Waals surface area contributed by atoms with Crippen molar-refractivity contribution in [3.05, 3.63) is 21.3 Å². The molecule has 84 valence electrons. The summed E-state index contributed by atoms with van der Waals surface area (Å²) in [6, 6.07) is 3.34. The third kappa shape index (κ3) is 4.20. The molecule has 0 spiro atoms. The van der Waals surface area contributed by atoms with Gasteiger partial charge in [-0.3, -0.25) is 4.79 Å². The minimum atomic E-state index is -0.410. The Morgan fingerprint density at radius 3 is 2.73 bits per heavy atom. The molecule has 0 saturated heterocycles. The number of halogens is 1. The van der Waals surface area contributed by atoms with Crippen molar-refractivity contribution < 1.29 is 9.90 Å². The standard InChI is InChI=1S/C10H14ClNO2S/c1-6(5-7(2)13)12-10(14)8-3-4-9(11)15-8/h3-4,6-7,13H,5H2,1-2H3,(H,12,14). The Morgan fingerprint density at radius 2 is 2.27 bits per heavy atom. The summed E-state index contributed by atoms with van der Waals surface area (Å²) in [7, 11) is 0. The molecule has 2 N–H and O–H groups in total. The first kappa shape index (κ1) is 12.5. The summed E-state index contributed by atoms with van der Waals surface area (Å²) in [6.07, 6.45) is 0.136. The molecular formula is C10H14ClNO2S. The van der Waals surface area contributed by atoms with Crippen LogP contribution in [0.25, 0.3) is 0 Å². The fourth-order valence-corrected chi connectivity index (χ4v) is 2.25. The van der Waals surface area contributed by atoms with E-state index in [-0.39, 0.29) is 11.9 Å². The highest BCUT2D eigenvalue weighted by molar-refractivity contribution is 7.17. The van der Waals surface area contributed by atoms with Gasteiger partial charge < -0.3 is 10.4 Å². The van der Waals surface area contributed by atoms with Crippen molar-refractivity contribution in [1.29, 1.82) is 0 Å². The van der Waals surface area contributed by atoms with Gasteiger partial charge in [-0.2, -0.15) is 0 Å². The first-order chi connectivity index (χ1) is 6.99. The third-order valence-electron chi connectivity index (χ3n) is 1.87. The number of amides is 1. The second-order valence-corrected chi connectivity index (χ2v) is 5.28. The van der Waals surface area contributed by atoms with Crippen LogP contribution in [-0.4, -0.2) is 23.2 Å². The number of nitrogens with one attached hydrogen (secondary N) is 1. The monoisotopic (exact) mass is 247 g/mol. The highest BCUT2D eigenvalue weighted by atomic mass is 35.5. The van der Waals surface area contributed by atoms with Gasteiger partial charge in [0, 0.05) is 6.04 Å². The molecule has 0 aliphatic heterocycles. The molecule has 1 heterocycles. The molecule has 2 unspecified atom stereocenters. The van der Waals surface area contributed by atoms with Crippen LogP contribution in [-0.2, 0) is 0 Å². The molecule has 15 heavy (non-hydrogen) atoms. The normalized spacial score (nSPS) is 14.7. The molecule has 1 amide bonds. The Labute approximate surface area is 98.1 Å². The lowest BCUT2D eigenvalue weighted by atomic mass is 10.1. The van der Waals surface area contributed by atoms with Crippen molar-refractivity contribution in [3.63, 3.8) is 0 Å². The zero-order valence-electron chi connectivity index (χ0n) is 8.66. The summed E-state index contributed by atoms with van der Waals surface area (Å²) in [6.45, 7) is 3.56. The highest BCUT2D eigenvalue weighted by Gasteiger charge is 2.12. The summed E-state index contributed by atoms with van der Waals surface area (Å²) in [5.74, 6) is -0.139. The Morgan fingerprint density at radius 1 is 1.60 bits per heavy atom. The number of carbonyl (C=O) groups excluding carboxylic acids is 1. The van der Waals surface area contributed by atoms with Crippen molar-refractivity contribution in [1.82, 2.24) is 5.32 Å². The van der Waals surface area contributed by atoms with Crippen LogP contribution < -0.4 is 5.32 Å². The van der Waals surface area contributed by atoms with Gasteiger partial charge >= 0.3 is 0 Å². The Kier molecular flexibility index (Phi) is 4.57. The third-order valence-corrected chi connectivity index (χ3v) is 3.10. The summed E-state index contributed by atoms with van der Waals surface area (Å²) in [4.78, 5) is 12.2.